The minimum Gasteiger partial charge on any atom is -0.462 e. The first-order chi connectivity index (χ1) is 17.7. The summed E-state index contributed by atoms with van der Waals surface area (Å²) >= 11 is 1.20. The normalized spacial score (nSPS) is 17.8. The molecule has 2 aromatic rings. The molecule has 3 heterocycles. The van der Waals surface area contributed by atoms with Crippen LogP contribution in [0.4, 0.5) is 9.80 Å². The Bertz CT molecular complexity index is 1290. The molecule has 1 aromatic heterocycles. The summed E-state index contributed by atoms with van der Waals surface area (Å²) in [5, 5.41) is 3.12. The molecule has 1 aromatic carbocycles. The highest BCUT2D eigenvalue weighted by Crippen LogP contribution is 2.38. The van der Waals surface area contributed by atoms with Crippen LogP contribution in [-0.2, 0) is 37.3 Å². The number of ether oxygens (including phenoxy) is 2. The van der Waals surface area contributed by atoms with Crippen molar-refractivity contribution in [3.63, 3.8) is 0 Å². The minimum atomic E-state index is -3.88. The maximum atomic E-state index is 13.4. The molecule has 1 N–H and O–H groups in total. The topological polar surface area (TPSA) is 122 Å². The van der Waals surface area contributed by atoms with Crippen LogP contribution in [0.1, 0.15) is 53.1 Å². The SMILES string of the molecule is CCOC(=O)c1c(NC(=O)C2CCCN2S(=O)(=O)c2ccc(C)cc2)sc2c1CCN(C(=O)OCC)C2. The second-order valence-electron chi connectivity index (χ2n) is 8.87. The summed E-state index contributed by atoms with van der Waals surface area (Å²) in [6.45, 7) is 6.57. The van der Waals surface area contributed by atoms with Gasteiger partial charge in [-0.3, -0.25) is 4.79 Å². The molecular formula is C25H31N3O7S2. The number of amides is 2. The minimum absolute atomic E-state index is 0.135. The number of esters is 1. The molecule has 0 aliphatic carbocycles. The zero-order valence-electron chi connectivity index (χ0n) is 21.1. The summed E-state index contributed by atoms with van der Waals surface area (Å²) in [4.78, 5) is 41.0. The third-order valence-electron chi connectivity index (χ3n) is 6.43. The Morgan fingerprint density at radius 3 is 2.46 bits per heavy atom. The maximum absolute atomic E-state index is 13.4. The number of carbonyl (C=O) groups excluding carboxylic acids is 3. The van der Waals surface area contributed by atoms with Crippen LogP contribution in [0, 0.1) is 6.92 Å². The molecule has 2 amide bonds. The Morgan fingerprint density at radius 1 is 1.08 bits per heavy atom. The van der Waals surface area contributed by atoms with Gasteiger partial charge in [-0.25, -0.2) is 18.0 Å². The number of thiophene rings is 1. The number of nitrogens with one attached hydrogen (secondary N) is 1. The van der Waals surface area contributed by atoms with E-state index in [2.05, 4.69) is 5.32 Å². The summed E-state index contributed by atoms with van der Waals surface area (Å²) < 4.78 is 38.2. The molecule has 12 heteroatoms. The van der Waals surface area contributed by atoms with Crippen LogP contribution >= 0.6 is 11.3 Å². The monoisotopic (exact) mass is 549 g/mol. The fourth-order valence-electron chi connectivity index (χ4n) is 4.61. The first-order valence-corrected chi connectivity index (χ1v) is 14.6. The number of carbonyl (C=O) groups is 3. The molecule has 0 spiro atoms. The van der Waals surface area contributed by atoms with Gasteiger partial charge in [0, 0.05) is 18.0 Å². The van der Waals surface area contributed by atoms with E-state index in [1.54, 1.807) is 43.0 Å². The van der Waals surface area contributed by atoms with Gasteiger partial charge in [-0.2, -0.15) is 4.31 Å². The lowest BCUT2D eigenvalue weighted by Crippen LogP contribution is -2.43. The number of nitrogens with zero attached hydrogens (tertiary/aromatic N) is 2. The van der Waals surface area contributed by atoms with Crippen LogP contribution < -0.4 is 5.32 Å². The van der Waals surface area contributed by atoms with Gasteiger partial charge in [0.2, 0.25) is 15.9 Å². The highest BCUT2D eigenvalue weighted by molar-refractivity contribution is 7.89. The van der Waals surface area contributed by atoms with E-state index in [0.29, 0.717) is 30.8 Å². The summed E-state index contributed by atoms with van der Waals surface area (Å²) in [6, 6.07) is 5.62. The number of hydrogen-bond donors (Lipinski definition) is 1. The standard InChI is InChI=1S/C25H31N3O7S2/c1-4-34-24(30)21-18-12-14-27(25(31)35-5-2)15-20(18)36-23(21)26-22(29)19-7-6-13-28(19)37(32,33)17-10-8-16(3)9-11-17/h8-11,19H,4-7,12-15H2,1-3H3,(H,26,29). The third-order valence-corrected chi connectivity index (χ3v) is 9.49. The second-order valence-corrected chi connectivity index (χ2v) is 11.9. The Hall–Kier alpha value is -2.96. The molecule has 10 nitrogen and oxygen atoms in total. The second kappa shape index (κ2) is 11.2. The average molecular weight is 550 g/mol. The highest BCUT2D eigenvalue weighted by Gasteiger charge is 2.40. The molecule has 1 atom stereocenters. The Kier molecular flexibility index (Phi) is 8.20. The van der Waals surface area contributed by atoms with Crippen molar-refractivity contribution >= 4 is 44.3 Å². The van der Waals surface area contributed by atoms with E-state index in [0.717, 1.165) is 16.0 Å². The molecule has 37 heavy (non-hydrogen) atoms. The van der Waals surface area contributed by atoms with Gasteiger partial charge in [0.25, 0.3) is 0 Å². The van der Waals surface area contributed by atoms with Gasteiger partial charge in [-0.1, -0.05) is 17.7 Å². The predicted molar refractivity (Wildman–Crippen MR) is 138 cm³/mol. The quantitative estimate of drug-likeness (QED) is 0.524. The van der Waals surface area contributed by atoms with Gasteiger partial charge < -0.3 is 19.7 Å². The van der Waals surface area contributed by atoms with E-state index in [1.165, 1.54) is 15.6 Å². The molecule has 1 unspecified atom stereocenters. The average Bonchev–Trinajstić information content (AvgIpc) is 3.49. The van der Waals surface area contributed by atoms with Gasteiger partial charge in [-0.15, -0.1) is 11.3 Å². The molecule has 4 rings (SSSR count). The Labute approximate surface area is 220 Å². The van der Waals surface area contributed by atoms with Gasteiger partial charge in [0.1, 0.15) is 11.0 Å². The molecule has 200 valence electrons. The number of sulfonamides is 1. The van der Waals surface area contributed by atoms with Crippen LogP contribution in [0.2, 0.25) is 0 Å². The van der Waals surface area contributed by atoms with E-state index in [9.17, 15) is 22.8 Å². The fraction of sp³-hybridized carbons (Fsp3) is 0.480. The third kappa shape index (κ3) is 5.51. The van der Waals surface area contributed by atoms with Gasteiger partial charge in [0.05, 0.1) is 30.2 Å². The Morgan fingerprint density at radius 2 is 1.78 bits per heavy atom. The predicted octanol–water partition coefficient (Wildman–Crippen LogP) is 3.54. The number of rotatable bonds is 7. The summed E-state index contributed by atoms with van der Waals surface area (Å²) in [6.07, 6.45) is 0.885. The summed E-state index contributed by atoms with van der Waals surface area (Å²) in [5.74, 6) is -1.06. The maximum Gasteiger partial charge on any atom is 0.410 e. The molecular weight excluding hydrogens is 518 g/mol. The van der Waals surface area contributed by atoms with Gasteiger partial charge in [-0.05, 0) is 57.7 Å². The van der Waals surface area contributed by atoms with Crippen LogP contribution in [-0.4, -0.2) is 67.9 Å². The van der Waals surface area contributed by atoms with E-state index < -0.39 is 34.0 Å². The smallest absolute Gasteiger partial charge is 0.410 e. The van der Waals surface area contributed by atoms with Crippen LogP contribution in [0.25, 0.3) is 0 Å². The molecule has 2 aliphatic rings. The van der Waals surface area contributed by atoms with Crippen molar-refractivity contribution in [2.75, 3.05) is 31.6 Å². The Balaban J connectivity index is 1.60. The lowest BCUT2D eigenvalue weighted by molar-refractivity contribution is -0.119. The van der Waals surface area contributed by atoms with Crippen molar-refractivity contribution in [3.05, 3.63) is 45.8 Å². The zero-order chi connectivity index (χ0) is 26.7. The molecule has 2 aliphatic heterocycles. The highest BCUT2D eigenvalue weighted by atomic mass is 32.2. The van der Waals surface area contributed by atoms with E-state index in [1.807, 2.05) is 6.92 Å². The number of fused-ring (bicyclic) bond motifs is 1. The number of benzene rings is 1. The van der Waals surface area contributed by atoms with E-state index >= 15 is 0 Å². The van der Waals surface area contributed by atoms with Crippen molar-refractivity contribution in [1.82, 2.24) is 9.21 Å². The van der Waals surface area contributed by atoms with Crippen molar-refractivity contribution in [3.8, 4) is 0 Å². The van der Waals surface area contributed by atoms with Gasteiger partial charge >= 0.3 is 12.1 Å². The largest absolute Gasteiger partial charge is 0.462 e. The van der Waals surface area contributed by atoms with Crippen LogP contribution in [0.5, 0.6) is 0 Å². The lowest BCUT2D eigenvalue weighted by atomic mass is 10.0. The molecule has 1 fully saturated rings. The number of hydrogen-bond acceptors (Lipinski definition) is 8. The van der Waals surface area contributed by atoms with Crippen molar-refractivity contribution in [1.29, 1.82) is 0 Å². The van der Waals surface area contributed by atoms with Crippen LogP contribution in [0.3, 0.4) is 0 Å². The molecule has 1 saturated heterocycles. The van der Waals surface area contributed by atoms with Crippen LogP contribution in [0.15, 0.2) is 29.2 Å². The molecule has 0 radical (unpaired) electrons. The lowest BCUT2D eigenvalue weighted by Gasteiger charge is -2.26. The first-order valence-electron chi connectivity index (χ1n) is 12.3. The van der Waals surface area contributed by atoms with Crippen molar-refractivity contribution < 1.29 is 32.3 Å². The number of aryl methyl sites for hydroxylation is 1. The summed E-state index contributed by atoms with van der Waals surface area (Å²) in [7, 11) is -3.88. The zero-order valence-corrected chi connectivity index (χ0v) is 22.7. The van der Waals surface area contributed by atoms with E-state index in [4.69, 9.17) is 9.47 Å². The van der Waals surface area contributed by atoms with E-state index in [-0.39, 0.29) is 36.8 Å². The summed E-state index contributed by atoms with van der Waals surface area (Å²) in [5.41, 5.74) is 1.93. The molecule has 0 saturated carbocycles. The van der Waals surface area contributed by atoms with Gasteiger partial charge in [0.15, 0.2) is 0 Å². The van der Waals surface area contributed by atoms with Crippen molar-refractivity contribution in [2.24, 2.45) is 0 Å². The number of anilines is 1. The fourth-order valence-corrected chi connectivity index (χ4v) is 7.52. The van der Waals surface area contributed by atoms with Crippen molar-refractivity contribution in [2.45, 2.75) is 57.5 Å². The first kappa shape index (κ1) is 27.1. The molecule has 0 bridgehead atoms.